The zero-order valence-electron chi connectivity index (χ0n) is 11.6. The molecule has 1 aromatic rings. The number of imide groups is 1. The zero-order valence-corrected chi connectivity index (χ0v) is 11.6. The monoisotopic (exact) mass is 275 g/mol. The first kappa shape index (κ1) is 13.0. The summed E-state index contributed by atoms with van der Waals surface area (Å²) in [6, 6.07) is 0. The van der Waals surface area contributed by atoms with E-state index < -0.39 is 0 Å². The molecule has 6 nitrogen and oxygen atoms in total. The maximum Gasteiger partial charge on any atom is 0.233 e. The quantitative estimate of drug-likeness (QED) is 0.619. The van der Waals surface area contributed by atoms with Gasteiger partial charge in [-0.2, -0.15) is 4.98 Å². The molecule has 3 rings (SSSR count). The Bertz CT molecular complexity index is 550. The third kappa shape index (κ3) is 2.05. The van der Waals surface area contributed by atoms with Gasteiger partial charge >= 0.3 is 0 Å². The van der Waals surface area contributed by atoms with Crippen LogP contribution >= 0.6 is 0 Å². The first-order valence-corrected chi connectivity index (χ1v) is 6.90. The Morgan fingerprint density at radius 3 is 2.35 bits per heavy atom. The number of likely N-dealkylation sites (tertiary alicyclic amines) is 1. The average molecular weight is 275 g/mol. The molecule has 0 spiro atoms. The van der Waals surface area contributed by atoms with Gasteiger partial charge in [-0.15, -0.1) is 0 Å². The second-order valence-electron chi connectivity index (χ2n) is 5.62. The van der Waals surface area contributed by atoms with E-state index in [-0.39, 0.29) is 36.1 Å². The Morgan fingerprint density at radius 1 is 1.25 bits per heavy atom. The van der Waals surface area contributed by atoms with E-state index >= 15 is 0 Å². The van der Waals surface area contributed by atoms with Crippen molar-refractivity contribution in [2.24, 2.45) is 11.8 Å². The van der Waals surface area contributed by atoms with Gasteiger partial charge in [0.1, 0.15) is 0 Å². The van der Waals surface area contributed by atoms with Crippen LogP contribution < -0.4 is 0 Å². The summed E-state index contributed by atoms with van der Waals surface area (Å²) in [5.41, 5.74) is 0. The maximum absolute atomic E-state index is 12.3. The van der Waals surface area contributed by atoms with Crippen LogP contribution in [-0.4, -0.2) is 26.9 Å². The van der Waals surface area contributed by atoms with E-state index in [2.05, 4.69) is 10.1 Å². The van der Waals surface area contributed by atoms with Crippen LogP contribution in [0.4, 0.5) is 0 Å². The molecule has 2 heterocycles. The van der Waals surface area contributed by atoms with E-state index in [1.165, 1.54) is 4.90 Å². The van der Waals surface area contributed by atoms with E-state index in [1.807, 2.05) is 26.0 Å². The average Bonchev–Trinajstić information content (AvgIpc) is 3.00. The lowest BCUT2D eigenvalue weighted by atomic mass is 9.85. The Morgan fingerprint density at radius 2 is 1.85 bits per heavy atom. The number of fused-ring (bicyclic) bond motifs is 1. The van der Waals surface area contributed by atoms with E-state index in [9.17, 15) is 9.59 Å². The van der Waals surface area contributed by atoms with Crippen LogP contribution in [0.1, 0.15) is 44.3 Å². The lowest BCUT2D eigenvalue weighted by Crippen LogP contribution is -2.31. The number of rotatable bonds is 3. The highest BCUT2D eigenvalue weighted by Gasteiger charge is 2.47. The molecule has 0 unspecified atom stereocenters. The molecule has 6 heteroatoms. The Hall–Kier alpha value is -1.98. The topological polar surface area (TPSA) is 76.3 Å². The van der Waals surface area contributed by atoms with Crippen molar-refractivity contribution in [1.82, 2.24) is 15.0 Å². The molecule has 1 fully saturated rings. The molecule has 2 amide bonds. The minimum Gasteiger partial charge on any atom is -0.339 e. The second-order valence-corrected chi connectivity index (χ2v) is 5.62. The van der Waals surface area contributed by atoms with Crippen LogP contribution in [0.2, 0.25) is 0 Å². The lowest BCUT2D eigenvalue weighted by molar-refractivity contribution is -0.140. The van der Waals surface area contributed by atoms with E-state index in [1.54, 1.807) is 0 Å². The summed E-state index contributed by atoms with van der Waals surface area (Å²) < 4.78 is 5.10. The zero-order chi connectivity index (χ0) is 14.3. The van der Waals surface area contributed by atoms with Crippen LogP contribution in [0, 0.1) is 11.8 Å². The summed E-state index contributed by atoms with van der Waals surface area (Å²) in [5, 5.41) is 3.84. The summed E-state index contributed by atoms with van der Waals surface area (Å²) in [6.07, 6.45) is 5.24. The lowest BCUT2D eigenvalue weighted by Gasteiger charge is -2.14. The van der Waals surface area contributed by atoms with Crippen LogP contribution in [0.15, 0.2) is 16.7 Å². The number of amides is 2. The van der Waals surface area contributed by atoms with Crippen molar-refractivity contribution in [1.29, 1.82) is 0 Å². The molecule has 20 heavy (non-hydrogen) atoms. The molecule has 2 aliphatic rings. The van der Waals surface area contributed by atoms with Crippen molar-refractivity contribution < 1.29 is 14.1 Å². The number of allylic oxidation sites excluding steroid dienone is 2. The Kier molecular flexibility index (Phi) is 3.16. The molecular weight excluding hydrogens is 258 g/mol. The number of carbonyl (C=O) groups is 2. The summed E-state index contributed by atoms with van der Waals surface area (Å²) in [7, 11) is 0. The van der Waals surface area contributed by atoms with Gasteiger partial charge in [-0.05, 0) is 12.8 Å². The molecule has 0 N–H and O–H groups in total. The minimum absolute atomic E-state index is 0.111. The van der Waals surface area contributed by atoms with Gasteiger partial charge in [0.05, 0.1) is 18.4 Å². The first-order valence-electron chi connectivity index (χ1n) is 6.90. The van der Waals surface area contributed by atoms with Gasteiger partial charge in [-0.25, -0.2) is 0 Å². The van der Waals surface area contributed by atoms with E-state index in [4.69, 9.17) is 4.52 Å². The summed E-state index contributed by atoms with van der Waals surface area (Å²) in [6.45, 7) is 4.01. The number of hydrogen-bond donors (Lipinski definition) is 0. The predicted molar refractivity (Wildman–Crippen MR) is 69.3 cm³/mol. The maximum atomic E-state index is 12.3. The van der Waals surface area contributed by atoms with E-state index in [0.29, 0.717) is 24.6 Å². The van der Waals surface area contributed by atoms with Crippen LogP contribution in [0.25, 0.3) is 0 Å². The minimum atomic E-state index is -0.205. The highest BCUT2D eigenvalue weighted by Crippen LogP contribution is 2.35. The fourth-order valence-electron chi connectivity index (χ4n) is 2.73. The Labute approximate surface area is 116 Å². The molecule has 1 aromatic heterocycles. The van der Waals surface area contributed by atoms with Crippen LogP contribution in [-0.2, 0) is 16.1 Å². The van der Waals surface area contributed by atoms with Crippen molar-refractivity contribution in [3.05, 3.63) is 23.9 Å². The molecular formula is C14H17N3O3. The van der Waals surface area contributed by atoms with Crippen molar-refractivity contribution in [3.8, 4) is 0 Å². The van der Waals surface area contributed by atoms with Crippen molar-refractivity contribution >= 4 is 11.8 Å². The standard InChI is InChI=1S/C14H17N3O3/c1-8(2)12-15-11(16-20-12)7-17-13(18)9-5-3-4-6-10(9)14(17)19/h3-4,8-10H,5-7H2,1-2H3/t9-,10+. The molecule has 0 bridgehead atoms. The van der Waals surface area contributed by atoms with Gasteiger partial charge in [-0.3, -0.25) is 14.5 Å². The second kappa shape index (κ2) is 4.85. The first-order chi connectivity index (χ1) is 9.58. The summed E-state index contributed by atoms with van der Waals surface area (Å²) in [5.74, 6) is 0.418. The normalized spacial score (nSPS) is 25.6. The highest BCUT2D eigenvalue weighted by molar-refractivity contribution is 6.05. The molecule has 0 aromatic carbocycles. The SMILES string of the molecule is CC(C)c1nc(CN2C(=O)[C@H]3CC=CC[C@H]3C2=O)no1. The van der Waals surface area contributed by atoms with Crippen molar-refractivity contribution in [3.63, 3.8) is 0 Å². The molecule has 1 saturated heterocycles. The van der Waals surface area contributed by atoms with Crippen molar-refractivity contribution in [2.45, 2.75) is 39.2 Å². The molecule has 2 atom stereocenters. The molecule has 0 saturated carbocycles. The van der Waals surface area contributed by atoms with Gasteiger partial charge in [0.15, 0.2) is 5.82 Å². The van der Waals surface area contributed by atoms with Crippen LogP contribution in [0.5, 0.6) is 0 Å². The molecule has 106 valence electrons. The smallest absolute Gasteiger partial charge is 0.233 e. The third-order valence-corrected chi connectivity index (χ3v) is 3.88. The molecule has 0 radical (unpaired) electrons. The van der Waals surface area contributed by atoms with Gasteiger partial charge in [0.2, 0.25) is 17.7 Å². The largest absolute Gasteiger partial charge is 0.339 e. The van der Waals surface area contributed by atoms with Gasteiger partial charge in [0, 0.05) is 5.92 Å². The number of nitrogens with zero attached hydrogens (tertiary/aromatic N) is 3. The van der Waals surface area contributed by atoms with Gasteiger partial charge in [0.25, 0.3) is 0 Å². The third-order valence-electron chi connectivity index (χ3n) is 3.88. The van der Waals surface area contributed by atoms with Gasteiger partial charge < -0.3 is 4.52 Å². The Balaban J connectivity index is 1.77. The van der Waals surface area contributed by atoms with Crippen molar-refractivity contribution in [2.75, 3.05) is 0 Å². The number of hydrogen-bond acceptors (Lipinski definition) is 5. The number of carbonyl (C=O) groups excluding carboxylic acids is 2. The predicted octanol–water partition coefficient (Wildman–Crippen LogP) is 1.64. The summed E-state index contributed by atoms with van der Waals surface area (Å²) in [4.78, 5) is 30.1. The van der Waals surface area contributed by atoms with E-state index in [0.717, 1.165) is 0 Å². The molecule has 1 aliphatic carbocycles. The summed E-state index contributed by atoms with van der Waals surface area (Å²) >= 11 is 0. The van der Waals surface area contributed by atoms with Crippen LogP contribution in [0.3, 0.4) is 0 Å². The fraction of sp³-hybridized carbons (Fsp3) is 0.571. The number of aromatic nitrogens is 2. The fourth-order valence-corrected chi connectivity index (χ4v) is 2.73. The molecule has 1 aliphatic heterocycles. The highest BCUT2D eigenvalue weighted by atomic mass is 16.5. The van der Waals surface area contributed by atoms with Gasteiger partial charge in [-0.1, -0.05) is 31.2 Å².